The largest absolute Gasteiger partial charge is 0.494 e. The Bertz CT molecular complexity index is 473. The Morgan fingerprint density at radius 1 is 1.26 bits per heavy atom. The van der Waals surface area contributed by atoms with Crippen molar-refractivity contribution < 1.29 is 13.9 Å². The molecule has 0 radical (unpaired) electrons. The van der Waals surface area contributed by atoms with Crippen molar-refractivity contribution in [2.45, 2.75) is 26.8 Å². The van der Waals surface area contributed by atoms with Gasteiger partial charge in [-0.2, -0.15) is 0 Å². The molecular formula is C16H27FIN3O2. The lowest BCUT2D eigenvalue weighted by molar-refractivity contribution is 0.145. The molecule has 0 atom stereocenters. The smallest absolute Gasteiger partial charge is 0.191 e. The normalized spacial score (nSPS) is 10.9. The molecule has 7 heteroatoms. The third-order valence-electron chi connectivity index (χ3n) is 2.94. The molecule has 0 bridgehead atoms. The van der Waals surface area contributed by atoms with Crippen LogP contribution in [-0.2, 0) is 11.3 Å². The predicted molar refractivity (Wildman–Crippen MR) is 102 cm³/mol. The van der Waals surface area contributed by atoms with Crippen molar-refractivity contribution >= 4 is 29.9 Å². The fourth-order valence-electron chi connectivity index (χ4n) is 1.85. The molecule has 0 fully saturated rings. The van der Waals surface area contributed by atoms with Gasteiger partial charge in [-0.05, 0) is 38.0 Å². The molecule has 132 valence electrons. The first-order valence-electron chi connectivity index (χ1n) is 7.63. The molecule has 0 heterocycles. The second-order valence-electron chi connectivity index (χ2n) is 4.64. The van der Waals surface area contributed by atoms with Gasteiger partial charge in [-0.25, -0.2) is 9.38 Å². The van der Waals surface area contributed by atoms with E-state index in [-0.39, 0.29) is 35.5 Å². The van der Waals surface area contributed by atoms with Crippen LogP contribution >= 0.6 is 24.0 Å². The molecule has 0 saturated carbocycles. The zero-order valence-corrected chi connectivity index (χ0v) is 16.4. The van der Waals surface area contributed by atoms with Gasteiger partial charge in [-0.3, -0.25) is 0 Å². The molecule has 0 aliphatic rings. The van der Waals surface area contributed by atoms with Gasteiger partial charge in [0.25, 0.3) is 0 Å². The molecule has 0 amide bonds. The van der Waals surface area contributed by atoms with Crippen molar-refractivity contribution in [3.05, 3.63) is 29.6 Å². The highest BCUT2D eigenvalue weighted by Gasteiger charge is 2.03. The number of aliphatic imine (C=N–C) groups is 1. The predicted octanol–water partition coefficient (Wildman–Crippen LogP) is 2.93. The molecule has 0 aliphatic heterocycles. The summed E-state index contributed by atoms with van der Waals surface area (Å²) in [7, 11) is 1.45. The first kappa shape index (κ1) is 21.9. The van der Waals surface area contributed by atoms with Gasteiger partial charge in [0.15, 0.2) is 17.5 Å². The minimum atomic E-state index is -0.370. The summed E-state index contributed by atoms with van der Waals surface area (Å²) in [6, 6.07) is 4.87. The van der Waals surface area contributed by atoms with Crippen LogP contribution in [0.5, 0.6) is 5.75 Å². The Morgan fingerprint density at radius 2 is 2.04 bits per heavy atom. The lowest BCUT2D eigenvalue weighted by Gasteiger charge is -2.11. The van der Waals surface area contributed by atoms with E-state index in [1.807, 2.05) is 19.9 Å². The fraction of sp³-hybridized carbons (Fsp3) is 0.562. The van der Waals surface area contributed by atoms with Crippen LogP contribution in [0.1, 0.15) is 25.8 Å². The van der Waals surface area contributed by atoms with Crippen LogP contribution in [0.3, 0.4) is 0 Å². The summed E-state index contributed by atoms with van der Waals surface area (Å²) in [5.74, 6) is 0.591. The average molecular weight is 439 g/mol. The number of halogens is 2. The number of nitrogens with one attached hydrogen (secondary N) is 2. The van der Waals surface area contributed by atoms with Crippen molar-refractivity contribution in [2.75, 3.05) is 33.4 Å². The second-order valence-corrected chi connectivity index (χ2v) is 4.64. The van der Waals surface area contributed by atoms with E-state index in [2.05, 4.69) is 15.6 Å². The highest BCUT2D eigenvalue weighted by atomic mass is 127. The van der Waals surface area contributed by atoms with E-state index in [9.17, 15) is 4.39 Å². The second kappa shape index (κ2) is 13.4. The zero-order chi connectivity index (χ0) is 16.2. The summed E-state index contributed by atoms with van der Waals surface area (Å²) in [6.07, 6.45) is 0.912. The van der Waals surface area contributed by atoms with Gasteiger partial charge in [0.2, 0.25) is 0 Å². The third-order valence-corrected chi connectivity index (χ3v) is 2.94. The van der Waals surface area contributed by atoms with Gasteiger partial charge in [0, 0.05) is 26.3 Å². The minimum absolute atomic E-state index is 0. The number of benzene rings is 1. The summed E-state index contributed by atoms with van der Waals surface area (Å²) in [6.45, 7) is 7.40. The van der Waals surface area contributed by atoms with E-state index >= 15 is 0 Å². The standard InChI is InChI=1S/C16H26FN3O2.HI/c1-4-18-16(19-9-6-10-22-5-2)20-12-13-7-8-15(21-3)14(17)11-13;/h7-8,11H,4-6,9-10,12H2,1-3H3,(H2,18,19,20);1H. The van der Waals surface area contributed by atoms with Crippen LogP contribution in [0.4, 0.5) is 4.39 Å². The van der Waals surface area contributed by atoms with Gasteiger partial charge < -0.3 is 20.1 Å². The van der Waals surface area contributed by atoms with Crippen LogP contribution in [-0.4, -0.2) is 39.4 Å². The monoisotopic (exact) mass is 439 g/mol. The first-order chi connectivity index (χ1) is 10.7. The fourth-order valence-corrected chi connectivity index (χ4v) is 1.85. The van der Waals surface area contributed by atoms with E-state index in [4.69, 9.17) is 9.47 Å². The third kappa shape index (κ3) is 8.95. The highest BCUT2D eigenvalue weighted by molar-refractivity contribution is 14.0. The number of nitrogens with zero attached hydrogens (tertiary/aromatic N) is 1. The molecule has 1 aromatic rings. The highest BCUT2D eigenvalue weighted by Crippen LogP contribution is 2.17. The molecule has 0 aliphatic carbocycles. The molecule has 2 N–H and O–H groups in total. The minimum Gasteiger partial charge on any atom is -0.494 e. The Balaban J connectivity index is 0.00000484. The molecule has 0 unspecified atom stereocenters. The Kier molecular flexibility index (Phi) is 12.7. The molecule has 23 heavy (non-hydrogen) atoms. The summed E-state index contributed by atoms with van der Waals surface area (Å²) in [5.41, 5.74) is 0.796. The maximum absolute atomic E-state index is 13.6. The maximum atomic E-state index is 13.6. The van der Waals surface area contributed by atoms with Crippen molar-refractivity contribution in [1.82, 2.24) is 10.6 Å². The number of hydrogen-bond donors (Lipinski definition) is 2. The van der Waals surface area contributed by atoms with Crippen molar-refractivity contribution in [1.29, 1.82) is 0 Å². The van der Waals surface area contributed by atoms with Crippen LogP contribution in [0.2, 0.25) is 0 Å². The summed E-state index contributed by atoms with van der Waals surface area (Å²) < 4.78 is 23.8. The summed E-state index contributed by atoms with van der Waals surface area (Å²) in [5, 5.41) is 6.39. The van der Waals surface area contributed by atoms with Crippen LogP contribution in [0.15, 0.2) is 23.2 Å². The van der Waals surface area contributed by atoms with Gasteiger partial charge in [0.1, 0.15) is 0 Å². The van der Waals surface area contributed by atoms with Gasteiger partial charge in [-0.1, -0.05) is 6.07 Å². The molecular weight excluding hydrogens is 412 g/mol. The number of guanidine groups is 1. The Hall–Kier alpha value is -1.09. The van der Waals surface area contributed by atoms with Crippen molar-refractivity contribution in [3.63, 3.8) is 0 Å². The van der Waals surface area contributed by atoms with Crippen LogP contribution in [0, 0.1) is 5.82 Å². The first-order valence-corrected chi connectivity index (χ1v) is 7.63. The molecule has 0 spiro atoms. The number of rotatable bonds is 9. The van der Waals surface area contributed by atoms with Gasteiger partial charge in [0.05, 0.1) is 13.7 Å². The van der Waals surface area contributed by atoms with Crippen molar-refractivity contribution in [3.8, 4) is 5.75 Å². The molecule has 0 saturated heterocycles. The lowest BCUT2D eigenvalue weighted by atomic mass is 10.2. The van der Waals surface area contributed by atoms with Gasteiger partial charge in [-0.15, -0.1) is 24.0 Å². The maximum Gasteiger partial charge on any atom is 0.191 e. The molecule has 0 aromatic heterocycles. The Labute approximate surface area is 155 Å². The van der Waals surface area contributed by atoms with Crippen LogP contribution < -0.4 is 15.4 Å². The van der Waals surface area contributed by atoms with E-state index in [1.165, 1.54) is 13.2 Å². The van der Waals surface area contributed by atoms with Crippen molar-refractivity contribution in [2.24, 2.45) is 4.99 Å². The summed E-state index contributed by atoms with van der Waals surface area (Å²) >= 11 is 0. The van der Waals surface area contributed by atoms with E-state index in [0.29, 0.717) is 6.54 Å². The van der Waals surface area contributed by atoms with E-state index in [1.54, 1.807) is 6.07 Å². The quantitative estimate of drug-likeness (QED) is 0.269. The number of hydrogen-bond acceptors (Lipinski definition) is 3. The molecule has 5 nitrogen and oxygen atoms in total. The number of methoxy groups -OCH3 is 1. The SMILES string of the molecule is CCNC(=NCc1ccc(OC)c(F)c1)NCCCOCC.I. The lowest BCUT2D eigenvalue weighted by Crippen LogP contribution is -2.38. The topological polar surface area (TPSA) is 54.9 Å². The molecule has 1 rings (SSSR count). The van der Waals surface area contributed by atoms with Crippen LogP contribution in [0.25, 0.3) is 0 Å². The average Bonchev–Trinajstić information content (AvgIpc) is 2.52. The Morgan fingerprint density at radius 3 is 2.65 bits per heavy atom. The zero-order valence-electron chi connectivity index (χ0n) is 14.0. The molecule has 1 aromatic carbocycles. The summed E-state index contributed by atoms with van der Waals surface area (Å²) in [4.78, 5) is 4.44. The van der Waals surface area contributed by atoms with E-state index in [0.717, 1.165) is 44.2 Å². The van der Waals surface area contributed by atoms with E-state index < -0.39 is 0 Å². The van der Waals surface area contributed by atoms with Gasteiger partial charge >= 0.3 is 0 Å². The number of ether oxygens (including phenoxy) is 2.